The second kappa shape index (κ2) is 18.6. The van der Waals surface area contributed by atoms with Crippen molar-refractivity contribution in [1.29, 1.82) is 4.78 Å². The lowest BCUT2D eigenvalue weighted by atomic mass is 10.1. The number of ether oxygens (including phenoxy) is 2. The van der Waals surface area contributed by atoms with Gasteiger partial charge in [0, 0.05) is 43.0 Å². The van der Waals surface area contributed by atoms with Crippen LogP contribution in [0, 0.1) is 4.78 Å². The zero-order chi connectivity index (χ0) is 38.6. The Kier molecular flexibility index (Phi) is 15.8. The fourth-order valence-corrected chi connectivity index (χ4v) is 6.79. The quantitative estimate of drug-likeness (QED) is 0.141. The predicted molar refractivity (Wildman–Crippen MR) is 202 cm³/mol. The van der Waals surface area contributed by atoms with Crippen LogP contribution < -0.4 is 14.9 Å². The number of sulfonamides is 1. The molecule has 0 bridgehead atoms. The Morgan fingerprint density at radius 2 is 1.45 bits per heavy atom. The molecule has 15 heteroatoms. The summed E-state index contributed by atoms with van der Waals surface area (Å²) in [5, 5.41) is 5.45. The maximum atomic E-state index is 13.7. The van der Waals surface area contributed by atoms with Crippen LogP contribution in [0.25, 0.3) is 0 Å². The number of alkyl carbamates (subject to hydrolysis) is 1. The third kappa shape index (κ3) is 15.5. The van der Waals surface area contributed by atoms with E-state index in [1.54, 1.807) is 71.9 Å². The van der Waals surface area contributed by atoms with Crippen LogP contribution in [0.5, 0.6) is 0 Å². The number of hydrogen-bond acceptors (Lipinski definition) is 9. The van der Waals surface area contributed by atoms with E-state index in [0.717, 1.165) is 36.2 Å². The van der Waals surface area contributed by atoms with Crippen molar-refractivity contribution in [2.45, 2.75) is 110 Å². The number of rotatable bonds is 17. The van der Waals surface area contributed by atoms with Crippen LogP contribution in [0.1, 0.15) is 103 Å². The van der Waals surface area contributed by atoms with Gasteiger partial charge in [0.25, 0.3) is 5.91 Å². The summed E-state index contributed by atoms with van der Waals surface area (Å²) < 4.78 is 58.4. The van der Waals surface area contributed by atoms with Crippen molar-refractivity contribution in [3.63, 3.8) is 0 Å². The van der Waals surface area contributed by atoms with Crippen molar-refractivity contribution < 1.29 is 36.5 Å². The first kappa shape index (κ1) is 43.3. The van der Waals surface area contributed by atoms with Gasteiger partial charge in [-0.05, 0) is 96.3 Å². The molecule has 0 aromatic heterocycles. The van der Waals surface area contributed by atoms with E-state index in [0.29, 0.717) is 29.0 Å². The zero-order valence-electron chi connectivity index (χ0n) is 31.6. The van der Waals surface area contributed by atoms with Gasteiger partial charge in [0.05, 0.1) is 27.2 Å². The summed E-state index contributed by atoms with van der Waals surface area (Å²) in [5.41, 5.74) is -0.381. The number of carbonyl (C=O) groups is 3. The Balaban J connectivity index is 2.33. The first-order valence-corrected chi connectivity index (χ1v) is 20.8. The monoisotopic (exact) mass is 751 g/mol. The molecule has 0 spiro atoms. The van der Waals surface area contributed by atoms with E-state index in [9.17, 15) is 27.0 Å². The molecular weight excluding hydrogens is 695 g/mol. The topological polar surface area (TPSA) is 175 Å². The minimum atomic E-state index is -3.75. The first-order valence-electron chi connectivity index (χ1n) is 17.2. The summed E-state index contributed by atoms with van der Waals surface area (Å²) >= 11 is 0. The molecule has 1 atom stereocenters. The highest BCUT2D eigenvalue weighted by Crippen LogP contribution is 2.26. The van der Waals surface area contributed by atoms with Crippen molar-refractivity contribution in [2.24, 2.45) is 0 Å². The number of benzene rings is 2. The fraction of sp³-hybridized carbons (Fsp3) is 0.583. The Bertz CT molecular complexity index is 1700. The Morgan fingerprint density at radius 3 is 2.02 bits per heavy atom. The molecule has 0 radical (unpaired) electrons. The van der Waals surface area contributed by atoms with Gasteiger partial charge < -0.3 is 25.0 Å². The number of amides is 3. The molecule has 0 saturated heterocycles. The summed E-state index contributed by atoms with van der Waals surface area (Å²) in [6.45, 7) is 13.1. The van der Waals surface area contributed by atoms with E-state index >= 15 is 0 Å². The standard InChI is InChI=1S/C36H57N5O8S2/c1-10-11-12-13-14-24-51(37,47)29-19-17-28(18-20-29)39-32(42)30-25-27(16-21-31(30)40(8)50(9,45)46)26-41(34(44)49-36(5,6)7)23-15-22-38-33(43)48-35(2,3)4/h16-21,25,37H,10-15,22-24,26H2,1-9H3,(H,38,43)(H,39,42). The van der Waals surface area contributed by atoms with Crippen molar-refractivity contribution in [3.8, 4) is 0 Å². The Labute approximate surface area is 304 Å². The lowest BCUT2D eigenvalue weighted by Gasteiger charge is -2.28. The number of carbonyl (C=O) groups excluding carboxylic acids is 3. The number of hydrogen-bond donors (Lipinski definition) is 3. The summed E-state index contributed by atoms with van der Waals surface area (Å²) in [7, 11) is -5.40. The van der Waals surface area contributed by atoms with Crippen LogP contribution >= 0.6 is 0 Å². The van der Waals surface area contributed by atoms with E-state index in [4.69, 9.17) is 14.3 Å². The lowest BCUT2D eigenvalue weighted by Crippen LogP contribution is -2.39. The van der Waals surface area contributed by atoms with Gasteiger partial charge >= 0.3 is 12.2 Å². The molecule has 3 amide bonds. The van der Waals surface area contributed by atoms with Crippen LogP contribution in [0.2, 0.25) is 0 Å². The second-order valence-electron chi connectivity index (χ2n) is 14.5. The van der Waals surface area contributed by atoms with Crippen LogP contribution in [-0.4, -0.2) is 79.0 Å². The Hall–Kier alpha value is -3.85. The molecule has 0 heterocycles. The van der Waals surface area contributed by atoms with E-state index in [1.165, 1.54) is 24.1 Å². The van der Waals surface area contributed by atoms with E-state index < -0.39 is 49.0 Å². The molecule has 0 aliphatic carbocycles. The molecule has 2 rings (SSSR count). The molecule has 1 unspecified atom stereocenters. The highest BCUT2D eigenvalue weighted by molar-refractivity contribution is 7.92. The van der Waals surface area contributed by atoms with Gasteiger partial charge in [-0.1, -0.05) is 38.7 Å². The molecule has 0 aliphatic heterocycles. The molecule has 2 aromatic rings. The highest BCUT2D eigenvalue weighted by Gasteiger charge is 2.25. The molecule has 13 nitrogen and oxygen atoms in total. The normalized spacial score (nSPS) is 13.1. The van der Waals surface area contributed by atoms with Crippen LogP contribution in [0.3, 0.4) is 0 Å². The number of unbranched alkanes of at least 4 members (excludes halogenated alkanes) is 4. The summed E-state index contributed by atoms with van der Waals surface area (Å²) in [6.07, 6.45) is 5.09. The highest BCUT2D eigenvalue weighted by atomic mass is 32.2. The number of nitrogens with one attached hydrogen (secondary N) is 3. The number of nitrogens with zero attached hydrogens (tertiary/aromatic N) is 2. The van der Waals surface area contributed by atoms with Crippen LogP contribution in [-0.2, 0) is 35.8 Å². The van der Waals surface area contributed by atoms with Gasteiger partial charge in [0.15, 0.2) is 0 Å². The zero-order valence-corrected chi connectivity index (χ0v) is 33.2. The van der Waals surface area contributed by atoms with Crippen molar-refractivity contribution in [2.75, 3.05) is 41.8 Å². The smallest absolute Gasteiger partial charge is 0.410 e. The van der Waals surface area contributed by atoms with Crippen LogP contribution in [0.4, 0.5) is 21.0 Å². The maximum absolute atomic E-state index is 13.7. The third-order valence-electron chi connectivity index (χ3n) is 7.47. The maximum Gasteiger partial charge on any atom is 0.410 e. The minimum Gasteiger partial charge on any atom is -0.444 e. The van der Waals surface area contributed by atoms with Crippen molar-refractivity contribution >= 4 is 49.2 Å². The van der Waals surface area contributed by atoms with Crippen molar-refractivity contribution in [1.82, 2.24) is 10.2 Å². The second-order valence-corrected chi connectivity index (χ2v) is 18.8. The first-order chi connectivity index (χ1) is 23.5. The molecule has 286 valence electrons. The molecule has 0 aliphatic rings. The largest absolute Gasteiger partial charge is 0.444 e. The molecular formula is C36H57N5O8S2. The van der Waals surface area contributed by atoms with E-state index in [2.05, 4.69) is 17.6 Å². The molecule has 2 aromatic carbocycles. The van der Waals surface area contributed by atoms with Gasteiger partial charge in [0.2, 0.25) is 10.0 Å². The average Bonchev–Trinajstić information content (AvgIpc) is 3.00. The molecule has 0 saturated carbocycles. The van der Waals surface area contributed by atoms with Gasteiger partial charge in [-0.25, -0.2) is 27.0 Å². The van der Waals surface area contributed by atoms with Crippen molar-refractivity contribution in [3.05, 3.63) is 53.6 Å². The van der Waals surface area contributed by atoms with Gasteiger partial charge in [-0.2, -0.15) is 0 Å². The summed E-state index contributed by atoms with van der Waals surface area (Å²) in [4.78, 5) is 40.9. The van der Waals surface area contributed by atoms with Gasteiger partial charge in [-0.3, -0.25) is 9.10 Å². The number of anilines is 2. The molecule has 3 N–H and O–H groups in total. The lowest BCUT2D eigenvalue weighted by molar-refractivity contribution is 0.0231. The summed E-state index contributed by atoms with van der Waals surface area (Å²) in [5.74, 6) is -0.347. The van der Waals surface area contributed by atoms with Gasteiger partial charge in [0.1, 0.15) is 11.2 Å². The Morgan fingerprint density at radius 1 is 0.843 bits per heavy atom. The van der Waals surface area contributed by atoms with Gasteiger partial charge in [-0.15, -0.1) is 0 Å². The predicted octanol–water partition coefficient (Wildman–Crippen LogP) is 7.36. The fourth-order valence-electron chi connectivity index (χ4n) is 4.86. The van der Waals surface area contributed by atoms with E-state index in [1.807, 2.05) is 0 Å². The van der Waals surface area contributed by atoms with E-state index in [-0.39, 0.29) is 36.6 Å². The molecule has 0 fully saturated rings. The summed E-state index contributed by atoms with van der Waals surface area (Å²) in [6, 6.07) is 10.9. The third-order valence-corrected chi connectivity index (χ3v) is 10.6. The average molecular weight is 752 g/mol. The SMILES string of the molecule is CCCCCCCS(=N)(=O)c1ccc(NC(=O)c2cc(CN(CCCNC(=O)OC(C)(C)C)C(=O)OC(C)(C)C)ccc2N(C)S(C)(=O)=O)cc1. The minimum absolute atomic E-state index is 0.0233. The van der Waals surface area contributed by atoms with Crippen LogP contribution in [0.15, 0.2) is 47.4 Å². The molecule has 51 heavy (non-hydrogen) atoms.